The maximum absolute atomic E-state index is 13.7. The van der Waals surface area contributed by atoms with Gasteiger partial charge >= 0.3 is 0 Å². The van der Waals surface area contributed by atoms with Crippen molar-refractivity contribution in [2.75, 3.05) is 11.6 Å². The monoisotopic (exact) mass is 495 g/mol. The van der Waals surface area contributed by atoms with Crippen LogP contribution in [0.4, 0.5) is 5.82 Å². The van der Waals surface area contributed by atoms with Crippen LogP contribution in [0.5, 0.6) is 0 Å². The fourth-order valence-electron chi connectivity index (χ4n) is 5.34. The Balaban J connectivity index is 1.57. The summed E-state index contributed by atoms with van der Waals surface area (Å²) >= 11 is 1.67. The van der Waals surface area contributed by atoms with Crippen LogP contribution in [0.15, 0.2) is 94.1 Å². The third-order valence-corrected chi connectivity index (χ3v) is 7.91. The summed E-state index contributed by atoms with van der Waals surface area (Å²) in [7, 11) is 0. The number of aromatic nitrogens is 1. The van der Waals surface area contributed by atoms with E-state index < -0.39 is 5.92 Å². The Hall–Kier alpha value is -3.51. The number of thioether (sulfide) groups is 1. The first-order valence-electron chi connectivity index (χ1n) is 12.2. The number of carbonyl (C=O) groups excluding carboxylic acids is 2. The van der Waals surface area contributed by atoms with E-state index in [1.807, 2.05) is 62.6 Å². The molecule has 3 atom stereocenters. The minimum Gasteiger partial charge on any atom is -0.310 e. The van der Waals surface area contributed by atoms with Crippen molar-refractivity contribution >= 4 is 35.0 Å². The summed E-state index contributed by atoms with van der Waals surface area (Å²) < 4.78 is 0. The third-order valence-electron chi connectivity index (χ3n) is 7.17. The molecule has 36 heavy (non-hydrogen) atoms. The van der Waals surface area contributed by atoms with Crippen LogP contribution in [-0.4, -0.2) is 28.6 Å². The zero-order valence-electron chi connectivity index (χ0n) is 20.7. The first-order valence-corrected chi connectivity index (χ1v) is 13.4. The molecule has 3 unspecified atom stereocenters. The number of Topliss-reactive ketones (excluding diaryl/α,β-unsaturated/α-hetero) is 1. The number of nitrogens with one attached hydrogen (secondary N) is 1. The molecule has 3 aromatic rings. The van der Waals surface area contributed by atoms with Crippen molar-refractivity contribution in [2.45, 2.75) is 43.4 Å². The Bertz CT molecular complexity index is 1360. The number of nitrogens with zero attached hydrogens (tertiary/aromatic N) is 2. The molecule has 2 aromatic carbocycles. The van der Waals surface area contributed by atoms with Gasteiger partial charge in [-0.2, -0.15) is 0 Å². The smallest absolute Gasteiger partial charge is 0.235 e. The van der Waals surface area contributed by atoms with E-state index in [1.165, 1.54) is 0 Å². The summed E-state index contributed by atoms with van der Waals surface area (Å²) in [5.74, 6) is -0.474. The third kappa shape index (κ3) is 4.65. The van der Waals surface area contributed by atoms with Crippen molar-refractivity contribution in [1.29, 1.82) is 0 Å². The van der Waals surface area contributed by atoms with Gasteiger partial charge in [0.25, 0.3) is 0 Å². The number of aliphatic imine (C=N–C) groups is 1. The van der Waals surface area contributed by atoms with Crippen molar-refractivity contribution in [3.05, 3.63) is 101 Å². The second kappa shape index (κ2) is 10.2. The average molecular weight is 496 g/mol. The summed E-state index contributed by atoms with van der Waals surface area (Å²) in [6.07, 6.45) is 4.81. The van der Waals surface area contributed by atoms with Gasteiger partial charge in [0.2, 0.25) is 5.91 Å². The summed E-state index contributed by atoms with van der Waals surface area (Å²) in [4.78, 5) is 37.8. The molecule has 6 heteroatoms. The second-order valence-corrected chi connectivity index (χ2v) is 10.3. The number of pyridine rings is 1. The Labute approximate surface area is 216 Å². The number of benzene rings is 2. The van der Waals surface area contributed by atoms with Crippen molar-refractivity contribution in [2.24, 2.45) is 10.9 Å². The standard InChI is InChI=1S/C30H29N3O2S/c1-18-8-7-15-31-29(18)33-30(35)26-19(2)32-24-16-22(20-9-5-4-6-10-20)17-25(34)28(24)27(26)21-11-13-23(36-3)14-12-21/h4-15,22,26-27H,16-17H2,1-3H3,(H,31,33,35). The van der Waals surface area contributed by atoms with Crippen LogP contribution in [-0.2, 0) is 9.59 Å². The van der Waals surface area contributed by atoms with E-state index in [0.29, 0.717) is 24.2 Å². The molecule has 0 bridgehead atoms. The Morgan fingerprint density at radius 1 is 0.944 bits per heavy atom. The van der Waals surface area contributed by atoms with Crippen molar-refractivity contribution in [3.63, 3.8) is 0 Å². The molecule has 182 valence electrons. The Kier molecular flexibility index (Phi) is 6.88. The molecule has 0 radical (unpaired) electrons. The fraction of sp³-hybridized carbons (Fsp3) is 0.267. The number of allylic oxidation sites excluding steroid dienone is 2. The largest absolute Gasteiger partial charge is 0.310 e. The lowest BCUT2D eigenvalue weighted by Crippen LogP contribution is -2.40. The van der Waals surface area contributed by atoms with E-state index in [1.54, 1.807) is 18.0 Å². The Morgan fingerprint density at radius 2 is 1.69 bits per heavy atom. The van der Waals surface area contributed by atoms with E-state index in [4.69, 9.17) is 4.99 Å². The van der Waals surface area contributed by atoms with E-state index in [-0.39, 0.29) is 23.5 Å². The van der Waals surface area contributed by atoms with Gasteiger partial charge in [-0.1, -0.05) is 48.5 Å². The van der Waals surface area contributed by atoms with Gasteiger partial charge in [0, 0.05) is 40.4 Å². The maximum atomic E-state index is 13.7. The van der Waals surface area contributed by atoms with Crippen LogP contribution < -0.4 is 5.32 Å². The topological polar surface area (TPSA) is 71.4 Å². The molecule has 1 amide bonds. The molecule has 5 rings (SSSR count). The highest BCUT2D eigenvalue weighted by Gasteiger charge is 2.44. The van der Waals surface area contributed by atoms with Gasteiger partial charge in [-0.15, -0.1) is 11.8 Å². The summed E-state index contributed by atoms with van der Waals surface area (Å²) in [6, 6.07) is 22.1. The average Bonchev–Trinajstić information content (AvgIpc) is 2.89. The van der Waals surface area contributed by atoms with Crippen molar-refractivity contribution in [1.82, 2.24) is 4.98 Å². The highest BCUT2D eigenvalue weighted by molar-refractivity contribution is 7.98. The van der Waals surface area contributed by atoms with Crippen molar-refractivity contribution in [3.8, 4) is 0 Å². The number of aryl methyl sites for hydroxylation is 1. The molecule has 0 saturated heterocycles. The first-order chi connectivity index (χ1) is 17.5. The molecule has 0 fully saturated rings. The number of rotatable bonds is 5. The molecular formula is C30H29N3O2S. The summed E-state index contributed by atoms with van der Waals surface area (Å²) in [5, 5.41) is 3.01. The molecule has 0 spiro atoms. The van der Waals surface area contributed by atoms with Gasteiger partial charge < -0.3 is 5.32 Å². The fourth-order valence-corrected chi connectivity index (χ4v) is 5.75. The summed E-state index contributed by atoms with van der Waals surface area (Å²) in [6.45, 7) is 3.82. The molecule has 5 nitrogen and oxygen atoms in total. The van der Waals surface area contributed by atoms with Gasteiger partial charge in [0.05, 0.1) is 5.92 Å². The molecule has 1 aliphatic heterocycles. The first kappa shape index (κ1) is 24.2. The zero-order valence-corrected chi connectivity index (χ0v) is 21.5. The van der Waals surface area contributed by atoms with Crippen LogP contribution in [0.3, 0.4) is 0 Å². The molecular weight excluding hydrogens is 466 g/mol. The van der Waals surface area contributed by atoms with Crippen LogP contribution >= 0.6 is 11.8 Å². The molecule has 1 aromatic heterocycles. The SMILES string of the molecule is CSc1ccc(C2C3=C(CC(c4ccccc4)CC3=O)N=C(C)C2C(=O)Nc2ncccc2C)cc1. The molecule has 1 N–H and O–H groups in total. The lowest BCUT2D eigenvalue weighted by atomic mass is 9.69. The van der Waals surface area contributed by atoms with Crippen LogP contribution in [0.1, 0.15) is 48.3 Å². The number of ketones is 1. The predicted octanol–water partition coefficient (Wildman–Crippen LogP) is 6.33. The molecule has 2 heterocycles. The van der Waals surface area contributed by atoms with Gasteiger partial charge in [-0.25, -0.2) is 4.98 Å². The van der Waals surface area contributed by atoms with Crippen LogP contribution in [0.2, 0.25) is 0 Å². The van der Waals surface area contributed by atoms with Crippen LogP contribution in [0.25, 0.3) is 0 Å². The summed E-state index contributed by atoms with van der Waals surface area (Å²) in [5.41, 5.74) is 5.21. The predicted molar refractivity (Wildman–Crippen MR) is 146 cm³/mol. The lowest BCUT2D eigenvalue weighted by molar-refractivity contribution is -0.119. The zero-order chi connectivity index (χ0) is 25.2. The molecule has 1 aliphatic carbocycles. The van der Waals surface area contributed by atoms with Crippen molar-refractivity contribution < 1.29 is 9.59 Å². The normalized spacial score (nSPS) is 21.6. The van der Waals surface area contributed by atoms with E-state index in [9.17, 15) is 9.59 Å². The van der Waals surface area contributed by atoms with E-state index >= 15 is 0 Å². The number of carbonyl (C=O) groups is 2. The lowest BCUT2D eigenvalue weighted by Gasteiger charge is -2.37. The number of anilines is 1. The van der Waals surface area contributed by atoms with Crippen LogP contribution in [0, 0.1) is 12.8 Å². The van der Waals surface area contributed by atoms with E-state index in [0.717, 1.165) is 33.0 Å². The minimum atomic E-state index is -0.595. The minimum absolute atomic E-state index is 0.0760. The Morgan fingerprint density at radius 3 is 2.39 bits per heavy atom. The molecule has 0 saturated carbocycles. The second-order valence-electron chi connectivity index (χ2n) is 9.44. The molecule has 2 aliphatic rings. The maximum Gasteiger partial charge on any atom is 0.235 e. The number of hydrogen-bond donors (Lipinski definition) is 1. The van der Waals surface area contributed by atoms with Gasteiger partial charge in [0.1, 0.15) is 5.82 Å². The quantitative estimate of drug-likeness (QED) is 0.420. The van der Waals surface area contributed by atoms with Gasteiger partial charge in [-0.05, 0) is 67.3 Å². The number of hydrogen-bond acceptors (Lipinski definition) is 5. The van der Waals surface area contributed by atoms with Gasteiger partial charge in [0.15, 0.2) is 5.78 Å². The van der Waals surface area contributed by atoms with Gasteiger partial charge in [-0.3, -0.25) is 14.6 Å². The number of amides is 1. The highest BCUT2D eigenvalue weighted by Crippen LogP contribution is 2.47. The van der Waals surface area contributed by atoms with E-state index in [2.05, 4.69) is 34.6 Å². The highest BCUT2D eigenvalue weighted by atomic mass is 32.2.